The maximum absolute atomic E-state index is 12.0. The molecule has 0 amide bonds. The second-order valence-corrected chi connectivity index (χ2v) is 3.81. The predicted molar refractivity (Wildman–Crippen MR) is 67.3 cm³/mol. The first kappa shape index (κ1) is 10.6. The average Bonchev–Trinajstić information content (AvgIpc) is 2.44. The molecule has 3 aromatic rings. The predicted octanol–water partition coefficient (Wildman–Crippen LogP) is 2.77. The largest absolute Gasteiger partial charge is 0.502 e. The lowest BCUT2D eigenvalue weighted by atomic mass is 10.1. The minimum Gasteiger partial charge on any atom is -0.502 e. The molecule has 0 aliphatic heterocycles. The van der Waals surface area contributed by atoms with E-state index in [2.05, 4.69) is 12.1 Å². The molecule has 1 heterocycles. The summed E-state index contributed by atoms with van der Waals surface area (Å²) < 4.78 is 5.55. The number of benzene rings is 2. The highest BCUT2D eigenvalue weighted by Crippen LogP contribution is 2.29. The molecule has 0 bridgehead atoms. The van der Waals surface area contributed by atoms with Crippen LogP contribution >= 0.6 is 0 Å². The van der Waals surface area contributed by atoms with Gasteiger partial charge in [0.2, 0.25) is 11.2 Å². The van der Waals surface area contributed by atoms with Crippen LogP contribution in [-0.4, -0.2) is 5.11 Å². The summed E-state index contributed by atoms with van der Waals surface area (Å²) in [5.74, 6) is -0.225. The van der Waals surface area contributed by atoms with Gasteiger partial charge in [-0.25, -0.2) is 0 Å². The Morgan fingerprint density at radius 1 is 1.17 bits per heavy atom. The van der Waals surface area contributed by atoms with Gasteiger partial charge in [-0.05, 0) is 24.3 Å². The molecule has 0 saturated carbocycles. The van der Waals surface area contributed by atoms with Gasteiger partial charge in [-0.15, -0.1) is 0 Å². The van der Waals surface area contributed by atoms with Gasteiger partial charge in [0, 0.05) is 5.56 Å². The topological polar surface area (TPSA) is 50.4 Å². The van der Waals surface area contributed by atoms with Crippen molar-refractivity contribution in [1.82, 2.24) is 0 Å². The van der Waals surface area contributed by atoms with Crippen LogP contribution in [0.25, 0.3) is 22.3 Å². The van der Waals surface area contributed by atoms with Crippen LogP contribution in [0.3, 0.4) is 0 Å². The zero-order valence-corrected chi connectivity index (χ0v) is 9.31. The third-order valence-electron chi connectivity index (χ3n) is 2.67. The molecule has 0 aliphatic rings. The van der Waals surface area contributed by atoms with Gasteiger partial charge in [0.15, 0.2) is 5.76 Å². The van der Waals surface area contributed by atoms with Gasteiger partial charge in [0.1, 0.15) is 5.58 Å². The fourth-order valence-electron chi connectivity index (χ4n) is 1.80. The van der Waals surface area contributed by atoms with Crippen molar-refractivity contribution in [3.05, 3.63) is 64.8 Å². The van der Waals surface area contributed by atoms with Crippen LogP contribution < -0.4 is 5.43 Å². The molecular weight excluding hydrogens is 228 g/mol. The Morgan fingerprint density at radius 2 is 1.94 bits per heavy atom. The van der Waals surface area contributed by atoms with Crippen molar-refractivity contribution in [3.8, 4) is 17.1 Å². The maximum Gasteiger partial charge on any atom is 0.235 e. The fraction of sp³-hybridized carbons (Fsp3) is 0. The van der Waals surface area contributed by atoms with E-state index in [1.165, 1.54) is 6.07 Å². The lowest BCUT2D eigenvalue weighted by Crippen LogP contribution is -2.02. The van der Waals surface area contributed by atoms with Crippen LogP contribution in [0.15, 0.2) is 51.7 Å². The van der Waals surface area contributed by atoms with Gasteiger partial charge in [-0.1, -0.05) is 30.3 Å². The zero-order chi connectivity index (χ0) is 12.5. The molecule has 1 N–H and O–H groups in total. The number of hydrogen-bond acceptors (Lipinski definition) is 3. The van der Waals surface area contributed by atoms with Gasteiger partial charge < -0.3 is 9.52 Å². The molecule has 0 atom stereocenters. The van der Waals surface area contributed by atoms with Crippen LogP contribution in [0.5, 0.6) is 5.75 Å². The third kappa shape index (κ3) is 1.57. The lowest BCUT2D eigenvalue weighted by molar-refractivity contribution is 0.449. The van der Waals surface area contributed by atoms with Gasteiger partial charge >= 0.3 is 0 Å². The van der Waals surface area contributed by atoms with Crippen LogP contribution in [0.2, 0.25) is 0 Å². The minimum absolute atomic E-state index is 0.168. The van der Waals surface area contributed by atoms with Crippen molar-refractivity contribution in [2.24, 2.45) is 0 Å². The summed E-state index contributed by atoms with van der Waals surface area (Å²) in [6.07, 6.45) is 0. The Morgan fingerprint density at radius 3 is 2.72 bits per heavy atom. The van der Waals surface area contributed by atoms with E-state index >= 15 is 0 Å². The number of hydrogen-bond donors (Lipinski definition) is 1. The number of fused-ring (bicyclic) bond motifs is 1. The van der Waals surface area contributed by atoms with Crippen molar-refractivity contribution < 1.29 is 9.52 Å². The molecule has 0 aliphatic carbocycles. The smallest absolute Gasteiger partial charge is 0.235 e. The highest BCUT2D eigenvalue weighted by atomic mass is 16.4. The fourth-order valence-corrected chi connectivity index (χ4v) is 1.80. The lowest BCUT2D eigenvalue weighted by Gasteiger charge is -2.05. The number of aromatic hydroxyl groups is 1. The number of rotatable bonds is 1. The Kier molecular flexibility index (Phi) is 2.38. The summed E-state index contributed by atoms with van der Waals surface area (Å²) in [5, 5.41) is 10.1. The van der Waals surface area contributed by atoms with Crippen LogP contribution in [0.1, 0.15) is 0 Å². The van der Waals surface area contributed by atoms with E-state index in [9.17, 15) is 9.90 Å². The molecule has 2 aromatic carbocycles. The Bertz CT molecular complexity index is 758. The summed E-state index contributed by atoms with van der Waals surface area (Å²) in [5.41, 5.74) is 0.529. The Hall–Kier alpha value is -2.55. The van der Waals surface area contributed by atoms with E-state index in [0.717, 1.165) is 0 Å². The monoisotopic (exact) mass is 236 g/mol. The summed E-state index contributed by atoms with van der Waals surface area (Å²) in [4.78, 5) is 12.0. The van der Waals surface area contributed by atoms with Crippen LogP contribution in [0, 0.1) is 12.1 Å². The summed E-state index contributed by atoms with van der Waals surface area (Å²) >= 11 is 0. The Balaban J connectivity index is 2.38. The normalized spacial score (nSPS) is 10.7. The Labute approximate surface area is 103 Å². The SMILES string of the molecule is O=c1c(O)c(-c2ccccc2)oc2c[c]c[c]c12. The molecule has 3 rings (SSSR count). The summed E-state index contributed by atoms with van der Waals surface area (Å²) in [7, 11) is 0. The van der Waals surface area contributed by atoms with Crippen molar-refractivity contribution in [3.63, 3.8) is 0 Å². The van der Waals surface area contributed by atoms with Crippen molar-refractivity contribution in [2.75, 3.05) is 0 Å². The summed E-state index contributed by atoms with van der Waals surface area (Å²) in [6.45, 7) is 0. The molecule has 0 saturated heterocycles. The third-order valence-corrected chi connectivity index (χ3v) is 2.67. The molecule has 0 spiro atoms. The highest BCUT2D eigenvalue weighted by molar-refractivity contribution is 5.80. The molecule has 86 valence electrons. The standard InChI is InChI=1S/C15H8O3/c16-13-11-8-4-5-9-12(11)18-15(14(13)17)10-6-2-1-3-7-10/h1-4,6-7,9,17H. The average molecular weight is 236 g/mol. The molecule has 3 nitrogen and oxygen atoms in total. The van der Waals surface area contributed by atoms with Crippen molar-refractivity contribution in [1.29, 1.82) is 0 Å². The molecular formula is C15H8O3. The zero-order valence-electron chi connectivity index (χ0n) is 9.31. The maximum atomic E-state index is 12.0. The van der Waals surface area contributed by atoms with Gasteiger partial charge in [-0.3, -0.25) is 4.79 Å². The van der Waals surface area contributed by atoms with E-state index in [0.29, 0.717) is 11.1 Å². The van der Waals surface area contributed by atoms with Crippen molar-refractivity contribution in [2.45, 2.75) is 0 Å². The quantitative estimate of drug-likeness (QED) is 0.706. The molecule has 0 unspecified atom stereocenters. The second-order valence-electron chi connectivity index (χ2n) is 3.81. The van der Waals surface area contributed by atoms with E-state index in [-0.39, 0.29) is 11.1 Å². The van der Waals surface area contributed by atoms with E-state index in [4.69, 9.17) is 4.42 Å². The first-order valence-electron chi connectivity index (χ1n) is 5.40. The van der Waals surface area contributed by atoms with Gasteiger partial charge in [0.25, 0.3) is 0 Å². The first-order chi connectivity index (χ1) is 8.77. The van der Waals surface area contributed by atoms with Crippen LogP contribution in [0.4, 0.5) is 0 Å². The molecule has 0 fully saturated rings. The minimum atomic E-state index is -0.482. The van der Waals surface area contributed by atoms with Gasteiger partial charge in [0.05, 0.1) is 5.39 Å². The van der Waals surface area contributed by atoms with Gasteiger partial charge in [-0.2, -0.15) is 0 Å². The molecule has 1 aromatic heterocycles. The van der Waals surface area contributed by atoms with E-state index < -0.39 is 11.2 Å². The summed E-state index contributed by atoms with van der Waals surface area (Å²) in [6, 6.07) is 17.5. The molecule has 3 heteroatoms. The van der Waals surface area contributed by atoms with E-state index in [1.54, 1.807) is 18.2 Å². The van der Waals surface area contributed by atoms with E-state index in [1.807, 2.05) is 18.2 Å². The molecule has 18 heavy (non-hydrogen) atoms. The van der Waals surface area contributed by atoms with Crippen LogP contribution in [-0.2, 0) is 0 Å². The highest BCUT2D eigenvalue weighted by Gasteiger charge is 2.14. The first-order valence-corrected chi connectivity index (χ1v) is 5.40. The molecule has 2 radical (unpaired) electrons. The second kappa shape index (κ2) is 4.04. The van der Waals surface area contributed by atoms with Crippen molar-refractivity contribution >= 4 is 11.0 Å².